The second-order valence-corrected chi connectivity index (χ2v) is 7.74. The number of nitrogens with one attached hydrogen (secondary N) is 1. The number of hydrogen-bond acceptors (Lipinski definition) is 5. The highest BCUT2D eigenvalue weighted by Crippen LogP contribution is 2.39. The minimum absolute atomic E-state index is 0.387. The molecular formula is C17H25BrN2O4. The lowest BCUT2D eigenvalue weighted by molar-refractivity contribution is -0.156. The zero-order valence-corrected chi connectivity index (χ0v) is 16.2. The molecule has 1 aromatic heterocycles. The molecule has 0 aliphatic carbocycles. The van der Waals surface area contributed by atoms with E-state index in [1.807, 2.05) is 39.0 Å². The molecule has 0 radical (unpaired) electrons. The van der Waals surface area contributed by atoms with Gasteiger partial charge in [-0.05, 0) is 48.8 Å². The van der Waals surface area contributed by atoms with Gasteiger partial charge in [-0.25, -0.2) is 9.78 Å². The number of ether oxygens (including phenoxy) is 3. The molecule has 1 unspecified atom stereocenters. The zero-order chi connectivity index (χ0) is 17.8. The summed E-state index contributed by atoms with van der Waals surface area (Å²) < 4.78 is 17.8. The van der Waals surface area contributed by atoms with E-state index in [0.29, 0.717) is 36.4 Å². The van der Waals surface area contributed by atoms with E-state index in [-0.39, 0.29) is 5.54 Å². The van der Waals surface area contributed by atoms with Crippen LogP contribution in [0.1, 0.15) is 45.4 Å². The highest BCUT2D eigenvalue weighted by Gasteiger charge is 2.45. The van der Waals surface area contributed by atoms with Gasteiger partial charge in [0.05, 0.1) is 5.69 Å². The Kier molecular flexibility index (Phi) is 6.22. The van der Waals surface area contributed by atoms with E-state index in [0.717, 1.165) is 0 Å². The molecule has 1 atom stereocenters. The summed E-state index contributed by atoms with van der Waals surface area (Å²) in [4.78, 5) is 16.9. The fraction of sp³-hybridized carbons (Fsp3) is 0.647. The zero-order valence-electron chi connectivity index (χ0n) is 14.6. The highest BCUT2D eigenvalue weighted by molar-refractivity contribution is 9.10. The summed E-state index contributed by atoms with van der Waals surface area (Å²) in [6, 6.07) is 5.54. The van der Waals surface area contributed by atoms with Crippen LogP contribution in [0.4, 0.5) is 4.79 Å². The maximum atomic E-state index is 12.4. The number of alkyl carbamates (subject to hydrolysis) is 1. The van der Waals surface area contributed by atoms with E-state index in [9.17, 15) is 4.79 Å². The third-order valence-corrected chi connectivity index (χ3v) is 4.37. The van der Waals surface area contributed by atoms with Gasteiger partial charge >= 0.3 is 6.09 Å². The summed E-state index contributed by atoms with van der Waals surface area (Å²) in [6.45, 7) is 6.83. The molecule has 0 spiro atoms. The third-order valence-electron chi connectivity index (χ3n) is 3.93. The SMILES string of the molecule is COC1(C(OC(=O)NC(C)(C)C)c2cccc(Br)n2)CCOCC1. The van der Waals surface area contributed by atoms with Gasteiger partial charge in [-0.1, -0.05) is 6.07 Å². The number of methoxy groups -OCH3 is 1. The van der Waals surface area contributed by atoms with Crippen molar-refractivity contribution in [1.29, 1.82) is 0 Å². The summed E-state index contributed by atoms with van der Waals surface area (Å²) in [7, 11) is 1.64. The van der Waals surface area contributed by atoms with Crippen molar-refractivity contribution < 1.29 is 19.0 Å². The van der Waals surface area contributed by atoms with Gasteiger partial charge in [0.25, 0.3) is 0 Å². The lowest BCUT2D eigenvalue weighted by Gasteiger charge is -2.41. The normalized spacial score (nSPS) is 18.7. The average Bonchev–Trinajstić information content (AvgIpc) is 2.51. The van der Waals surface area contributed by atoms with Gasteiger partial charge in [0, 0.05) is 38.7 Å². The summed E-state index contributed by atoms with van der Waals surface area (Å²) >= 11 is 3.38. The monoisotopic (exact) mass is 400 g/mol. The Morgan fingerprint density at radius 2 is 2.04 bits per heavy atom. The van der Waals surface area contributed by atoms with E-state index in [2.05, 4.69) is 26.2 Å². The molecule has 0 aromatic carbocycles. The first kappa shape index (κ1) is 19.1. The van der Waals surface area contributed by atoms with Crippen molar-refractivity contribution >= 4 is 22.0 Å². The number of aromatic nitrogens is 1. The van der Waals surface area contributed by atoms with Crippen LogP contribution in [-0.4, -0.2) is 42.5 Å². The van der Waals surface area contributed by atoms with Gasteiger partial charge in [-0.2, -0.15) is 0 Å². The first-order chi connectivity index (χ1) is 11.3. The maximum absolute atomic E-state index is 12.4. The van der Waals surface area contributed by atoms with Crippen LogP contribution in [0.5, 0.6) is 0 Å². The molecule has 6 nitrogen and oxygen atoms in total. The fourth-order valence-electron chi connectivity index (χ4n) is 2.74. The average molecular weight is 401 g/mol. The highest BCUT2D eigenvalue weighted by atomic mass is 79.9. The number of nitrogens with zero attached hydrogens (tertiary/aromatic N) is 1. The quantitative estimate of drug-likeness (QED) is 0.781. The molecule has 24 heavy (non-hydrogen) atoms. The number of rotatable bonds is 4. The lowest BCUT2D eigenvalue weighted by atomic mass is 9.85. The van der Waals surface area contributed by atoms with Crippen molar-refractivity contribution in [3.63, 3.8) is 0 Å². The van der Waals surface area contributed by atoms with Crippen LogP contribution < -0.4 is 5.32 Å². The van der Waals surface area contributed by atoms with E-state index >= 15 is 0 Å². The van der Waals surface area contributed by atoms with Gasteiger partial charge < -0.3 is 19.5 Å². The van der Waals surface area contributed by atoms with Gasteiger partial charge in [-0.15, -0.1) is 0 Å². The molecular weight excluding hydrogens is 376 g/mol. The van der Waals surface area contributed by atoms with E-state index in [4.69, 9.17) is 14.2 Å². The Morgan fingerprint density at radius 1 is 1.38 bits per heavy atom. The fourth-order valence-corrected chi connectivity index (χ4v) is 3.10. The van der Waals surface area contributed by atoms with Crippen molar-refractivity contribution in [2.24, 2.45) is 0 Å². The van der Waals surface area contributed by atoms with Crippen LogP contribution in [0.3, 0.4) is 0 Å². The number of hydrogen-bond donors (Lipinski definition) is 1. The number of carbonyl (C=O) groups is 1. The van der Waals surface area contributed by atoms with Crippen molar-refractivity contribution in [3.8, 4) is 0 Å². The molecule has 2 heterocycles. The first-order valence-electron chi connectivity index (χ1n) is 8.00. The standard InChI is InChI=1S/C17H25BrN2O4/c1-16(2,3)20-15(21)24-14(12-6-5-7-13(18)19-12)17(22-4)8-10-23-11-9-17/h5-7,14H,8-11H2,1-4H3,(H,20,21). The number of halogens is 1. The lowest BCUT2D eigenvalue weighted by Crippen LogP contribution is -2.48. The Balaban J connectivity index is 2.32. The van der Waals surface area contributed by atoms with E-state index in [1.165, 1.54) is 0 Å². The van der Waals surface area contributed by atoms with Crippen LogP contribution in [-0.2, 0) is 14.2 Å². The third kappa shape index (κ3) is 4.91. The van der Waals surface area contributed by atoms with Crippen LogP contribution in [0, 0.1) is 0 Å². The van der Waals surface area contributed by atoms with Crippen molar-refractivity contribution in [3.05, 3.63) is 28.5 Å². The molecule has 1 fully saturated rings. The minimum Gasteiger partial charge on any atom is -0.437 e. The summed E-state index contributed by atoms with van der Waals surface area (Å²) in [6.07, 6.45) is 0.152. The molecule has 1 amide bonds. The second-order valence-electron chi connectivity index (χ2n) is 6.93. The van der Waals surface area contributed by atoms with Gasteiger partial charge in [0.15, 0.2) is 6.10 Å². The molecule has 1 aliphatic rings. The Hall–Kier alpha value is -1.18. The van der Waals surface area contributed by atoms with E-state index in [1.54, 1.807) is 7.11 Å². The Morgan fingerprint density at radius 3 is 2.58 bits per heavy atom. The summed E-state index contributed by atoms with van der Waals surface area (Å²) in [5.41, 5.74) is -0.388. The molecule has 0 saturated carbocycles. The number of amides is 1. The largest absolute Gasteiger partial charge is 0.437 e. The molecule has 0 bridgehead atoms. The summed E-state index contributed by atoms with van der Waals surface area (Å²) in [5, 5.41) is 2.83. The second kappa shape index (κ2) is 7.80. The molecule has 1 aliphatic heterocycles. The predicted molar refractivity (Wildman–Crippen MR) is 93.8 cm³/mol. The minimum atomic E-state index is -0.652. The maximum Gasteiger partial charge on any atom is 0.408 e. The van der Waals surface area contributed by atoms with Crippen LogP contribution in [0.25, 0.3) is 0 Å². The number of carbonyl (C=O) groups excluding carboxylic acids is 1. The molecule has 1 saturated heterocycles. The number of pyridine rings is 1. The van der Waals surface area contributed by atoms with Crippen molar-refractivity contribution in [2.45, 2.75) is 50.9 Å². The summed E-state index contributed by atoms with van der Waals surface area (Å²) in [5.74, 6) is 0. The predicted octanol–water partition coefficient (Wildman–Crippen LogP) is 3.61. The first-order valence-corrected chi connectivity index (χ1v) is 8.79. The Bertz CT molecular complexity index is 568. The molecule has 7 heteroatoms. The van der Waals surface area contributed by atoms with Crippen LogP contribution in [0.15, 0.2) is 22.8 Å². The van der Waals surface area contributed by atoms with Crippen molar-refractivity contribution in [1.82, 2.24) is 10.3 Å². The topological polar surface area (TPSA) is 69.7 Å². The van der Waals surface area contributed by atoms with Crippen LogP contribution >= 0.6 is 15.9 Å². The Labute approximate surface area is 151 Å². The van der Waals surface area contributed by atoms with Crippen LogP contribution in [0.2, 0.25) is 0 Å². The van der Waals surface area contributed by atoms with Gasteiger partial charge in [0.2, 0.25) is 0 Å². The molecule has 1 N–H and O–H groups in total. The van der Waals surface area contributed by atoms with E-state index < -0.39 is 17.8 Å². The van der Waals surface area contributed by atoms with Crippen molar-refractivity contribution in [2.75, 3.05) is 20.3 Å². The van der Waals surface area contributed by atoms with Gasteiger partial charge in [0.1, 0.15) is 10.2 Å². The van der Waals surface area contributed by atoms with Gasteiger partial charge in [-0.3, -0.25) is 0 Å². The molecule has 134 valence electrons. The smallest absolute Gasteiger partial charge is 0.408 e. The molecule has 1 aromatic rings. The molecule has 2 rings (SSSR count).